The average molecular weight is 255 g/mol. The van der Waals surface area contributed by atoms with Crippen molar-refractivity contribution in [1.29, 1.82) is 0 Å². The lowest BCUT2D eigenvalue weighted by Crippen LogP contribution is -2.35. The lowest BCUT2D eigenvalue weighted by Gasteiger charge is -2.26. The summed E-state index contributed by atoms with van der Waals surface area (Å²) in [4.78, 5) is 2.15. The van der Waals surface area contributed by atoms with E-state index in [0.717, 1.165) is 13.1 Å². The Labute approximate surface area is 107 Å². The lowest BCUT2D eigenvalue weighted by molar-refractivity contribution is 0.0341. The third-order valence-electron chi connectivity index (χ3n) is 3.23. The largest absolute Gasteiger partial charge is 0.379 e. The predicted molar refractivity (Wildman–Crippen MR) is 66.5 cm³/mol. The Hall–Kier alpha value is -1.00. The van der Waals surface area contributed by atoms with Crippen molar-refractivity contribution in [3.63, 3.8) is 0 Å². The maximum absolute atomic E-state index is 13.8. The van der Waals surface area contributed by atoms with Gasteiger partial charge in [0.25, 0.3) is 0 Å². The van der Waals surface area contributed by atoms with Crippen molar-refractivity contribution in [2.24, 2.45) is 0 Å². The Kier molecular flexibility index (Phi) is 4.30. The molecule has 1 heterocycles. The normalized spacial score (nSPS) is 17.4. The van der Waals surface area contributed by atoms with Gasteiger partial charge in [-0.1, -0.05) is 13.8 Å². The number of morpholine rings is 1. The summed E-state index contributed by atoms with van der Waals surface area (Å²) in [7, 11) is 0. The average Bonchev–Trinajstić information content (AvgIpc) is 2.28. The molecular formula is C14H19F2NO. The van der Waals surface area contributed by atoms with Crippen LogP contribution in [0.25, 0.3) is 0 Å². The van der Waals surface area contributed by atoms with Crippen LogP contribution >= 0.6 is 0 Å². The van der Waals surface area contributed by atoms with Gasteiger partial charge in [0.1, 0.15) is 11.6 Å². The molecule has 0 amide bonds. The first-order valence-corrected chi connectivity index (χ1v) is 6.36. The summed E-state index contributed by atoms with van der Waals surface area (Å²) in [5.41, 5.74) is 0.872. The molecule has 0 saturated carbocycles. The standard InChI is InChI=1S/C14H19F2NO/c1-10(2)14-12(15)7-11(8-13(14)16)9-17-3-5-18-6-4-17/h7-8,10H,3-6,9H2,1-2H3. The minimum Gasteiger partial charge on any atom is -0.379 e. The molecule has 0 N–H and O–H groups in total. The fraction of sp³-hybridized carbons (Fsp3) is 0.571. The number of ether oxygens (including phenoxy) is 1. The maximum atomic E-state index is 13.8. The number of rotatable bonds is 3. The quantitative estimate of drug-likeness (QED) is 0.823. The van der Waals surface area contributed by atoms with Crippen LogP contribution in [0.4, 0.5) is 8.78 Å². The van der Waals surface area contributed by atoms with Crippen LogP contribution in [0.3, 0.4) is 0 Å². The second kappa shape index (κ2) is 5.76. The Balaban J connectivity index is 2.14. The fourth-order valence-corrected chi connectivity index (χ4v) is 2.30. The van der Waals surface area contributed by atoms with Gasteiger partial charge in [0.15, 0.2) is 0 Å². The molecule has 4 heteroatoms. The first-order valence-electron chi connectivity index (χ1n) is 6.36. The molecule has 0 unspecified atom stereocenters. The second-order valence-corrected chi connectivity index (χ2v) is 5.02. The van der Waals surface area contributed by atoms with Crippen LogP contribution in [0.1, 0.15) is 30.9 Å². The van der Waals surface area contributed by atoms with Crippen LogP contribution < -0.4 is 0 Å². The molecule has 1 fully saturated rings. The Morgan fingerprint density at radius 3 is 2.22 bits per heavy atom. The number of hydrogen-bond donors (Lipinski definition) is 0. The molecule has 0 atom stereocenters. The van der Waals surface area contributed by atoms with E-state index in [0.29, 0.717) is 25.3 Å². The molecule has 1 aromatic rings. The minimum atomic E-state index is -0.437. The molecule has 1 aliphatic heterocycles. The van der Waals surface area contributed by atoms with E-state index in [1.165, 1.54) is 12.1 Å². The van der Waals surface area contributed by atoms with Crippen molar-refractivity contribution in [1.82, 2.24) is 4.90 Å². The van der Waals surface area contributed by atoms with Gasteiger partial charge in [0.05, 0.1) is 13.2 Å². The van der Waals surface area contributed by atoms with Crippen molar-refractivity contribution in [2.45, 2.75) is 26.3 Å². The summed E-state index contributed by atoms with van der Waals surface area (Å²) in [6.45, 7) is 7.18. The van der Waals surface area contributed by atoms with Crippen molar-refractivity contribution in [2.75, 3.05) is 26.3 Å². The highest BCUT2D eigenvalue weighted by molar-refractivity contribution is 5.28. The zero-order valence-electron chi connectivity index (χ0n) is 10.9. The van der Waals surface area contributed by atoms with Gasteiger partial charge in [0.2, 0.25) is 0 Å². The van der Waals surface area contributed by atoms with Gasteiger partial charge in [-0.3, -0.25) is 4.90 Å². The maximum Gasteiger partial charge on any atom is 0.129 e. The molecular weight excluding hydrogens is 236 g/mol. The van der Waals surface area contributed by atoms with Gasteiger partial charge < -0.3 is 4.74 Å². The molecule has 0 radical (unpaired) electrons. The van der Waals surface area contributed by atoms with Crippen molar-refractivity contribution >= 4 is 0 Å². The first kappa shape index (κ1) is 13.4. The molecule has 1 aromatic carbocycles. The highest BCUT2D eigenvalue weighted by Gasteiger charge is 2.16. The summed E-state index contributed by atoms with van der Waals surface area (Å²) in [6.07, 6.45) is 0. The van der Waals surface area contributed by atoms with Crippen LogP contribution in [0.15, 0.2) is 12.1 Å². The molecule has 0 aliphatic carbocycles. The van der Waals surface area contributed by atoms with Crippen LogP contribution in [0.5, 0.6) is 0 Å². The minimum absolute atomic E-state index is 0.137. The van der Waals surface area contributed by atoms with E-state index in [-0.39, 0.29) is 11.5 Å². The van der Waals surface area contributed by atoms with Crippen LogP contribution in [-0.4, -0.2) is 31.2 Å². The van der Waals surface area contributed by atoms with E-state index < -0.39 is 11.6 Å². The number of nitrogens with zero attached hydrogens (tertiary/aromatic N) is 1. The summed E-state index contributed by atoms with van der Waals surface area (Å²) >= 11 is 0. The highest BCUT2D eigenvalue weighted by atomic mass is 19.1. The van der Waals surface area contributed by atoms with Crippen LogP contribution in [-0.2, 0) is 11.3 Å². The van der Waals surface area contributed by atoms with Gasteiger partial charge in [-0.05, 0) is 23.6 Å². The fourth-order valence-electron chi connectivity index (χ4n) is 2.30. The van der Waals surface area contributed by atoms with Crippen LogP contribution in [0, 0.1) is 11.6 Å². The summed E-state index contributed by atoms with van der Waals surface area (Å²) in [5.74, 6) is -1.01. The summed E-state index contributed by atoms with van der Waals surface area (Å²) in [6, 6.07) is 2.90. The highest BCUT2D eigenvalue weighted by Crippen LogP contribution is 2.24. The van der Waals surface area contributed by atoms with E-state index >= 15 is 0 Å². The Bertz CT molecular complexity index is 391. The van der Waals surface area contributed by atoms with Gasteiger partial charge in [-0.15, -0.1) is 0 Å². The topological polar surface area (TPSA) is 12.5 Å². The molecule has 1 aliphatic rings. The number of benzene rings is 1. The van der Waals surface area contributed by atoms with Gasteiger partial charge >= 0.3 is 0 Å². The number of halogens is 2. The molecule has 0 spiro atoms. The molecule has 100 valence electrons. The Morgan fingerprint density at radius 2 is 1.72 bits per heavy atom. The van der Waals surface area contributed by atoms with Crippen molar-refractivity contribution < 1.29 is 13.5 Å². The molecule has 2 nitrogen and oxygen atoms in total. The molecule has 1 saturated heterocycles. The van der Waals surface area contributed by atoms with Gasteiger partial charge in [-0.2, -0.15) is 0 Å². The Morgan fingerprint density at radius 1 is 1.17 bits per heavy atom. The smallest absolute Gasteiger partial charge is 0.129 e. The van der Waals surface area contributed by atoms with E-state index in [1.807, 2.05) is 0 Å². The predicted octanol–water partition coefficient (Wildman–Crippen LogP) is 2.92. The van der Waals surface area contributed by atoms with Gasteiger partial charge in [0, 0.05) is 25.2 Å². The van der Waals surface area contributed by atoms with Crippen molar-refractivity contribution in [3.05, 3.63) is 34.9 Å². The van der Waals surface area contributed by atoms with E-state index in [2.05, 4.69) is 4.90 Å². The summed E-state index contributed by atoms with van der Waals surface area (Å²) < 4.78 is 32.9. The summed E-state index contributed by atoms with van der Waals surface area (Å²) in [5, 5.41) is 0. The monoisotopic (exact) mass is 255 g/mol. The van der Waals surface area contributed by atoms with Crippen LogP contribution in [0.2, 0.25) is 0 Å². The molecule has 0 aromatic heterocycles. The third-order valence-corrected chi connectivity index (χ3v) is 3.23. The van der Waals surface area contributed by atoms with E-state index in [9.17, 15) is 8.78 Å². The molecule has 0 bridgehead atoms. The zero-order valence-corrected chi connectivity index (χ0v) is 10.9. The molecule has 2 rings (SSSR count). The van der Waals surface area contributed by atoms with Gasteiger partial charge in [-0.25, -0.2) is 8.78 Å². The number of hydrogen-bond acceptors (Lipinski definition) is 2. The third kappa shape index (κ3) is 3.06. The lowest BCUT2D eigenvalue weighted by atomic mass is 10.00. The van der Waals surface area contributed by atoms with Crippen molar-refractivity contribution in [3.8, 4) is 0 Å². The SMILES string of the molecule is CC(C)c1c(F)cc(CN2CCOCC2)cc1F. The van der Waals surface area contributed by atoms with E-state index in [1.54, 1.807) is 13.8 Å². The van der Waals surface area contributed by atoms with E-state index in [4.69, 9.17) is 4.74 Å². The first-order chi connectivity index (χ1) is 8.58. The molecule has 18 heavy (non-hydrogen) atoms. The second-order valence-electron chi connectivity index (χ2n) is 5.02. The zero-order chi connectivity index (χ0) is 13.1.